The average molecular weight is 301 g/mol. The number of rotatable bonds is 9. The van der Waals surface area contributed by atoms with E-state index in [-0.39, 0.29) is 5.56 Å². The fraction of sp³-hybridized carbons (Fsp3) is 0.533. The van der Waals surface area contributed by atoms with Gasteiger partial charge in [0, 0.05) is 18.2 Å². The first-order valence-corrected chi connectivity index (χ1v) is 7.18. The van der Waals surface area contributed by atoms with E-state index in [4.69, 9.17) is 26.2 Å². The molecule has 0 radical (unpaired) electrons. The third-order valence-electron chi connectivity index (χ3n) is 2.91. The Labute approximate surface area is 124 Å². The molecule has 0 atom stereocenters. The van der Waals surface area contributed by atoms with Crippen LogP contribution in [0.2, 0.25) is 5.02 Å². The van der Waals surface area contributed by atoms with Crippen molar-refractivity contribution < 1.29 is 19.4 Å². The first-order chi connectivity index (χ1) is 9.60. The Kier molecular flexibility index (Phi) is 7.59. The van der Waals surface area contributed by atoms with Crippen LogP contribution in [-0.4, -0.2) is 37.5 Å². The van der Waals surface area contributed by atoms with Gasteiger partial charge in [-0.1, -0.05) is 11.6 Å². The Morgan fingerprint density at radius 1 is 1.10 bits per heavy atom. The number of benzene rings is 1. The van der Waals surface area contributed by atoms with Gasteiger partial charge in [0.2, 0.25) is 0 Å². The van der Waals surface area contributed by atoms with Gasteiger partial charge in [0.05, 0.1) is 18.8 Å². The van der Waals surface area contributed by atoms with E-state index in [0.29, 0.717) is 44.3 Å². The second kappa shape index (κ2) is 8.95. The molecule has 0 amide bonds. The van der Waals surface area contributed by atoms with Crippen LogP contribution in [0.15, 0.2) is 12.1 Å². The van der Waals surface area contributed by atoms with Crippen LogP contribution in [0.3, 0.4) is 0 Å². The van der Waals surface area contributed by atoms with Gasteiger partial charge in [-0.05, 0) is 49.9 Å². The maximum absolute atomic E-state index is 11.2. The molecule has 0 spiro atoms. The molecule has 0 saturated heterocycles. The van der Waals surface area contributed by atoms with E-state index in [0.717, 1.165) is 11.1 Å². The van der Waals surface area contributed by atoms with Gasteiger partial charge in [0.15, 0.2) is 0 Å². The van der Waals surface area contributed by atoms with E-state index in [9.17, 15) is 4.79 Å². The van der Waals surface area contributed by atoms with Crippen molar-refractivity contribution in [1.82, 2.24) is 0 Å². The maximum atomic E-state index is 11.2. The molecule has 0 fully saturated rings. The van der Waals surface area contributed by atoms with Crippen molar-refractivity contribution in [1.29, 1.82) is 0 Å². The molecular formula is C15H21ClO4. The number of carboxylic acid groups (broad SMARTS) is 1. The van der Waals surface area contributed by atoms with Crippen LogP contribution >= 0.6 is 11.6 Å². The number of hydrogen-bond donors (Lipinski definition) is 1. The van der Waals surface area contributed by atoms with Gasteiger partial charge in [-0.3, -0.25) is 0 Å². The van der Waals surface area contributed by atoms with Crippen LogP contribution in [0.1, 0.15) is 35.3 Å². The minimum absolute atomic E-state index is 0.257. The molecule has 1 aromatic rings. The number of aromatic carboxylic acids is 1. The monoisotopic (exact) mass is 300 g/mol. The summed E-state index contributed by atoms with van der Waals surface area (Å²) in [7, 11) is 0. The van der Waals surface area contributed by atoms with Crippen LogP contribution in [0, 0.1) is 0 Å². The second-order valence-electron chi connectivity index (χ2n) is 4.31. The summed E-state index contributed by atoms with van der Waals surface area (Å²) in [4.78, 5) is 11.2. The molecule has 1 rings (SSSR count). The lowest BCUT2D eigenvalue weighted by Crippen LogP contribution is -2.06. The molecule has 0 aliphatic carbocycles. The van der Waals surface area contributed by atoms with Crippen molar-refractivity contribution in [2.75, 3.05) is 26.4 Å². The number of hydrogen-bond acceptors (Lipinski definition) is 3. The molecule has 112 valence electrons. The normalized spacial score (nSPS) is 10.8. The summed E-state index contributed by atoms with van der Waals surface area (Å²) in [6, 6.07) is 3.24. The van der Waals surface area contributed by atoms with Crippen molar-refractivity contribution in [3.8, 4) is 0 Å². The van der Waals surface area contributed by atoms with E-state index in [1.54, 1.807) is 12.1 Å². The third kappa shape index (κ3) is 5.12. The summed E-state index contributed by atoms with van der Waals surface area (Å²) in [6.07, 6.45) is 1.21. The Balaban J connectivity index is 2.93. The number of carboxylic acids is 1. The smallest absolute Gasteiger partial charge is 0.335 e. The first-order valence-electron chi connectivity index (χ1n) is 6.80. The maximum Gasteiger partial charge on any atom is 0.335 e. The van der Waals surface area contributed by atoms with Gasteiger partial charge in [-0.15, -0.1) is 0 Å². The van der Waals surface area contributed by atoms with E-state index in [1.165, 1.54) is 0 Å². The fourth-order valence-corrected chi connectivity index (χ4v) is 2.19. The molecule has 20 heavy (non-hydrogen) atoms. The van der Waals surface area contributed by atoms with Gasteiger partial charge in [-0.2, -0.15) is 0 Å². The predicted molar refractivity (Wildman–Crippen MR) is 78.8 cm³/mol. The number of halogens is 1. The third-order valence-corrected chi connectivity index (χ3v) is 3.40. The molecule has 1 N–H and O–H groups in total. The Morgan fingerprint density at radius 3 is 1.90 bits per heavy atom. The molecule has 0 bridgehead atoms. The van der Waals surface area contributed by atoms with Crippen molar-refractivity contribution in [2.45, 2.75) is 26.7 Å². The highest BCUT2D eigenvalue weighted by Crippen LogP contribution is 2.25. The van der Waals surface area contributed by atoms with Crippen LogP contribution in [0.4, 0.5) is 0 Å². The van der Waals surface area contributed by atoms with Crippen molar-refractivity contribution >= 4 is 17.6 Å². The van der Waals surface area contributed by atoms with Crippen LogP contribution in [0.25, 0.3) is 0 Å². The Bertz CT molecular complexity index is 414. The molecule has 0 unspecified atom stereocenters. The molecule has 4 nitrogen and oxygen atoms in total. The molecule has 0 aliphatic heterocycles. The zero-order chi connectivity index (χ0) is 15.0. The van der Waals surface area contributed by atoms with E-state index < -0.39 is 5.97 Å². The lowest BCUT2D eigenvalue weighted by molar-refractivity contribution is 0.0696. The van der Waals surface area contributed by atoms with Crippen LogP contribution in [-0.2, 0) is 22.3 Å². The predicted octanol–water partition coefficient (Wildman–Crippen LogP) is 3.20. The summed E-state index contributed by atoms with van der Waals surface area (Å²) in [5.41, 5.74) is 1.88. The summed E-state index contributed by atoms with van der Waals surface area (Å²) >= 11 is 6.34. The lowest BCUT2D eigenvalue weighted by Gasteiger charge is -2.12. The zero-order valence-electron chi connectivity index (χ0n) is 11.9. The zero-order valence-corrected chi connectivity index (χ0v) is 12.7. The van der Waals surface area contributed by atoms with Crippen LogP contribution < -0.4 is 0 Å². The SMILES string of the molecule is CCOCCc1cc(C(=O)O)cc(CCOCC)c1Cl. The van der Waals surface area contributed by atoms with Gasteiger partial charge in [0.25, 0.3) is 0 Å². The van der Waals surface area contributed by atoms with Gasteiger partial charge < -0.3 is 14.6 Å². The molecule has 0 aliphatic rings. The topological polar surface area (TPSA) is 55.8 Å². The highest BCUT2D eigenvalue weighted by molar-refractivity contribution is 6.32. The quantitative estimate of drug-likeness (QED) is 0.712. The lowest BCUT2D eigenvalue weighted by atomic mass is 10.0. The minimum atomic E-state index is -0.947. The highest BCUT2D eigenvalue weighted by atomic mass is 35.5. The van der Waals surface area contributed by atoms with Crippen molar-refractivity contribution in [3.05, 3.63) is 33.8 Å². The fourth-order valence-electron chi connectivity index (χ4n) is 1.89. The van der Waals surface area contributed by atoms with E-state index >= 15 is 0 Å². The molecule has 0 aromatic heterocycles. The van der Waals surface area contributed by atoms with Crippen molar-refractivity contribution in [3.63, 3.8) is 0 Å². The Morgan fingerprint density at radius 2 is 1.55 bits per heavy atom. The van der Waals surface area contributed by atoms with Crippen molar-refractivity contribution in [2.24, 2.45) is 0 Å². The van der Waals surface area contributed by atoms with E-state index in [1.807, 2.05) is 13.8 Å². The largest absolute Gasteiger partial charge is 0.478 e. The number of carbonyl (C=O) groups is 1. The van der Waals surface area contributed by atoms with Gasteiger partial charge >= 0.3 is 5.97 Å². The second-order valence-corrected chi connectivity index (χ2v) is 4.69. The summed E-state index contributed by atoms with van der Waals surface area (Å²) in [6.45, 7) is 6.17. The number of ether oxygens (including phenoxy) is 2. The first kappa shape index (κ1) is 17.0. The average Bonchev–Trinajstić information content (AvgIpc) is 2.42. The molecule has 0 saturated carbocycles. The molecular weight excluding hydrogens is 280 g/mol. The molecule has 0 heterocycles. The summed E-state index contributed by atoms with van der Waals surface area (Å²) in [5, 5.41) is 9.78. The Hall–Kier alpha value is -1.10. The summed E-state index contributed by atoms with van der Waals surface area (Å²) in [5.74, 6) is -0.947. The van der Waals surface area contributed by atoms with Crippen LogP contribution in [0.5, 0.6) is 0 Å². The molecule has 5 heteroatoms. The minimum Gasteiger partial charge on any atom is -0.478 e. The van der Waals surface area contributed by atoms with E-state index in [2.05, 4.69) is 0 Å². The standard InChI is InChI=1S/C15H21ClO4/c1-3-19-7-5-11-9-13(15(17)18)10-12(14(11)16)6-8-20-4-2/h9-10H,3-8H2,1-2H3,(H,17,18). The summed E-state index contributed by atoms with van der Waals surface area (Å²) < 4.78 is 10.6. The molecule has 1 aromatic carbocycles. The van der Waals surface area contributed by atoms with Gasteiger partial charge in [0.1, 0.15) is 0 Å². The van der Waals surface area contributed by atoms with Gasteiger partial charge in [-0.25, -0.2) is 4.79 Å². The highest BCUT2D eigenvalue weighted by Gasteiger charge is 2.13.